The maximum absolute atomic E-state index is 13.1. The van der Waals surface area contributed by atoms with Crippen LogP contribution in [-0.2, 0) is 20.8 Å². The molecule has 1 aliphatic heterocycles. The molecule has 1 heterocycles. The molecule has 0 bridgehead atoms. The van der Waals surface area contributed by atoms with Gasteiger partial charge in [-0.15, -0.1) is 0 Å². The molecule has 30 heavy (non-hydrogen) atoms. The van der Waals surface area contributed by atoms with Crippen molar-refractivity contribution < 1.29 is 23.4 Å². The first-order chi connectivity index (χ1) is 14.3. The molecule has 0 fully saturated rings. The Morgan fingerprint density at radius 3 is 2.60 bits per heavy atom. The third-order valence-electron chi connectivity index (χ3n) is 5.15. The first kappa shape index (κ1) is 22.1. The maximum Gasteiger partial charge on any atom is 0.303 e. The van der Waals surface area contributed by atoms with Crippen LogP contribution in [0.15, 0.2) is 42.5 Å². The van der Waals surface area contributed by atoms with E-state index in [1.807, 2.05) is 32.0 Å². The van der Waals surface area contributed by atoms with Gasteiger partial charge < -0.3 is 19.5 Å². The second-order valence-corrected chi connectivity index (χ2v) is 8.11. The first-order valence-corrected chi connectivity index (χ1v) is 10.4. The molecule has 0 spiro atoms. The second kappa shape index (κ2) is 9.47. The molecule has 5 nitrogen and oxygen atoms in total. The number of carbonyl (C=O) groups excluding carboxylic acids is 1. The summed E-state index contributed by atoms with van der Waals surface area (Å²) >= 11 is 0. The van der Waals surface area contributed by atoms with Crippen LogP contribution in [0.3, 0.4) is 0 Å². The normalized spacial score (nSPS) is 19.5. The summed E-state index contributed by atoms with van der Waals surface area (Å²) in [6, 6.07) is 12.2. The number of benzene rings is 2. The van der Waals surface area contributed by atoms with Crippen molar-refractivity contribution >= 4 is 11.7 Å². The lowest BCUT2D eigenvalue weighted by atomic mass is 9.87. The van der Waals surface area contributed by atoms with E-state index in [4.69, 9.17) is 14.2 Å². The number of hydrogen-bond donors (Lipinski definition) is 1. The predicted octanol–water partition coefficient (Wildman–Crippen LogP) is 5.40. The van der Waals surface area contributed by atoms with E-state index in [-0.39, 0.29) is 11.8 Å². The van der Waals surface area contributed by atoms with Crippen LogP contribution in [0, 0.1) is 5.82 Å². The minimum Gasteiger partial charge on any atom is -0.483 e. The monoisotopic (exact) mass is 415 g/mol. The Balaban J connectivity index is 1.86. The highest BCUT2D eigenvalue weighted by molar-refractivity contribution is 5.66. The zero-order chi connectivity index (χ0) is 21.7. The largest absolute Gasteiger partial charge is 0.483 e. The van der Waals surface area contributed by atoms with E-state index in [9.17, 15) is 9.18 Å². The molecule has 0 radical (unpaired) electrons. The van der Waals surface area contributed by atoms with E-state index >= 15 is 0 Å². The van der Waals surface area contributed by atoms with Gasteiger partial charge in [0.2, 0.25) is 0 Å². The van der Waals surface area contributed by atoms with E-state index in [0.717, 1.165) is 35.4 Å². The predicted molar refractivity (Wildman–Crippen MR) is 114 cm³/mol. The molecule has 6 heteroatoms. The van der Waals surface area contributed by atoms with Gasteiger partial charge in [0.05, 0.1) is 0 Å². The van der Waals surface area contributed by atoms with Gasteiger partial charge in [0.1, 0.15) is 23.3 Å². The number of ether oxygens (including phenoxy) is 3. The summed E-state index contributed by atoms with van der Waals surface area (Å²) in [6.07, 6.45) is 0.942. The van der Waals surface area contributed by atoms with Gasteiger partial charge >= 0.3 is 5.97 Å². The van der Waals surface area contributed by atoms with E-state index in [1.54, 1.807) is 12.1 Å². The van der Waals surface area contributed by atoms with Crippen molar-refractivity contribution in [3.05, 3.63) is 59.4 Å². The highest BCUT2D eigenvalue weighted by atomic mass is 19.1. The summed E-state index contributed by atoms with van der Waals surface area (Å²) in [5.74, 6) is 0.0999. The Hall–Kier alpha value is -2.60. The fraction of sp³-hybridized carbons (Fsp3) is 0.458. The molecule has 2 unspecified atom stereocenters. The second-order valence-electron chi connectivity index (χ2n) is 8.11. The smallest absolute Gasteiger partial charge is 0.303 e. The highest BCUT2D eigenvalue weighted by Gasteiger charge is 2.47. The molecular formula is C24H30FNO4. The molecule has 0 saturated heterocycles. The number of halogens is 1. The fourth-order valence-corrected chi connectivity index (χ4v) is 3.56. The van der Waals surface area contributed by atoms with Crippen molar-refractivity contribution in [3.63, 3.8) is 0 Å². The molecule has 0 aromatic heterocycles. The average Bonchev–Trinajstić information content (AvgIpc) is 2.69. The third kappa shape index (κ3) is 5.30. The van der Waals surface area contributed by atoms with Gasteiger partial charge in [-0.2, -0.15) is 0 Å². The van der Waals surface area contributed by atoms with Crippen molar-refractivity contribution in [1.29, 1.82) is 0 Å². The lowest BCUT2D eigenvalue weighted by molar-refractivity contribution is -0.182. The first-order valence-electron chi connectivity index (χ1n) is 10.4. The zero-order valence-electron chi connectivity index (χ0n) is 18.0. The van der Waals surface area contributed by atoms with Crippen LogP contribution in [0.25, 0.3) is 0 Å². The van der Waals surface area contributed by atoms with Crippen LogP contribution in [0.2, 0.25) is 0 Å². The molecule has 1 aliphatic rings. The minimum absolute atomic E-state index is 0.254. The quantitative estimate of drug-likeness (QED) is 0.462. The van der Waals surface area contributed by atoms with Crippen molar-refractivity contribution in [2.75, 3.05) is 11.9 Å². The SMILES string of the molecule is CCCCOC1c2cc(NCc3ccc(F)cc3)ccc2OC(C)(C)C1OC(C)=O. The number of nitrogens with one attached hydrogen (secondary N) is 1. The summed E-state index contributed by atoms with van der Waals surface area (Å²) in [4.78, 5) is 11.8. The molecule has 3 rings (SSSR count). The highest BCUT2D eigenvalue weighted by Crippen LogP contribution is 2.44. The third-order valence-corrected chi connectivity index (χ3v) is 5.15. The van der Waals surface area contributed by atoms with Gasteiger partial charge in [-0.25, -0.2) is 4.39 Å². The Labute approximate surface area is 177 Å². The Kier molecular flexibility index (Phi) is 6.98. The Morgan fingerprint density at radius 2 is 1.93 bits per heavy atom. The van der Waals surface area contributed by atoms with Gasteiger partial charge in [-0.05, 0) is 56.2 Å². The van der Waals surface area contributed by atoms with Gasteiger partial charge in [-0.1, -0.05) is 25.5 Å². The number of rotatable bonds is 8. The molecule has 1 N–H and O–H groups in total. The minimum atomic E-state index is -0.724. The van der Waals surface area contributed by atoms with Crippen LogP contribution in [-0.4, -0.2) is 24.3 Å². The number of esters is 1. The van der Waals surface area contributed by atoms with Crippen LogP contribution in [0.5, 0.6) is 5.75 Å². The molecule has 2 aromatic carbocycles. The number of anilines is 1. The van der Waals surface area contributed by atoms with Crippen LogP contribution < -0.4 is 10.1 Å². The van der Waals surface area contributed by atoms with Crippen LogP contribution >= 0.6 is 0 Å². The zero-order valence-corrected chi connectivity index (χ0v) is 18.0. The van der Waals surface area contributed by atoms with E-state index in [1.165, 1.54) is 19.1 Å². The number of carbonyl (C=O) groups is 1. The van der Waals surface area contributed by atoms with E-state index < -0.39 is 17.8 Å². The number of hydrogen-bond acceptors (Lipinski definition) is 5. The summed E-state index contributed by atoms with van der Waals surface area (Å²) in [6.45, 7) is 8.43. The van der Waals surface area contributed by atoms with Crippen LogP contribution in [0.1, 0.15) is 57.8 Å². The van der Waals surface area contributed by atoms with Gasteiger partial charge in [-0.3, -0.25) is 4.79 Å². The molecule has 2 atom stereocenters. The van der Waals surface area contributed by atoms with Crippen molar-refractivity contribution in [1.82, 2.24) is 0 Å². The Bertz CT molecular complexity index is 866. The van der Waals surface area contributed by atoms with Gasteiger partial charge in [0, 0.05) is 31.3 Å². The fourth-order valence-electron chi connectivity index (χ4n) is 3.56. The van der Waals surface area contributed by atoms with Crippen molar-refractivity contribution in [2.24, 2.45) is 0 Å². The molecule has 0 aliphatic carbocycles. The molecule has 2 aromatic rings. The number of fused-ring (bicyclic) bond motifs is 1. The Morgan fingerprint density at radius 1 is 1.20 bits per heavy atom. The lowest BCUT2D eigenvalue weighted by Gasteiger charge is -2.43. The molecule has 162 valence electrons. The summed E-state index contributed by atoms with van der Waals surface area (Å²) < 4.78 is 31.1. The van der Waals surface area contributed by atoms with Gasteiger partial charge in [0.25, 0.3) is 0 Å². The molecule has 0 saturated carbocycles. The average molecular weight is 416 g/mol. The summed E-state index contributed by atoms with van der Waals surface area (Å²) in [5.41, 5.74) is 1.98. The van der Waals surface area contributed by atoms with E-state index in [0.29, 0.717) is 13.2 Å². The maximum atomic E-state index is 13.1. The van der Waals surface area contributed by atoms with Crippen molar-refractivity contribution in [3.8, 4) is 5.75 Å². The topological polar surface area (TPSA) is 56.8 Å². The summed E-state index contributed by atoms with van der Waals surface area (Å²) in [7, 11) is 0. The number of unbranched alkanes of at least 4 members (excludes halogenated alkanes) is 1. The lowest BCUT2D eigenvalue weighted by Crippen LogP contribution is -2.51. The summed E-state index contributed by atoms with van der Waals surface area (Å²) in [5, 5.41) is 3.35. The van der Waals surface area contributed by atoms with E-state index in [2.05, 4.69) is 12.2 Å². The van der Waals surface area contributed by atoms with Crippen molar-refractivity contribution in [2.45, 2.75) is 64.9 Å². The van der Waals surface area contributed by atoms with Gasteiger partial charge in [0.15, 0.2) is 6.10 Å². The molecular weight excluding hydrogens is 385 g/mol. The standard InChI is InChI=1S/C24H30FNO4/c1-5-6-13-28-22-20-14-19(26-15-17-7-9-18(25)10-8-17)11-12-21(20)30-24(3,4)23(22)29-16(2)27/h7-12,14,22-23,26H,5-6,13,15H2,1-4H3. The molecule has 0 amide bonds. The van der Waals surface area contributed by atoms with Crippen LogP contribution in [0.4, 0.5) is 10.1 Å².